The summed E-state index contributed by atoms with van der Waals surface area (Å²) in [5, 5.41) is 8.80. The van der Waals surface area contributed by atoms with Crippen LogP contribution in [0.15, 0.2) is 18.5 Å². The molecule has 0 fully saturated rings. The van der Waals surface area contributed by atoms with Crippen molar-refractivity contribution in [2.45, 2.75) is 19.8 Å². The van der Waals surface area contributed by atoms with Gasteiger partial charge in [0.2, 0.25) is 0 Å². The van der Waals surface area contributed by atoms with Crippen molar-refractivity contribution in [3.05, 3.63) is 24.0 Å². The number of hydrogen-bond donors (Lipinski definition) is 1. The Kier molecular flexibility index (Phi) is 2.32. The third-order valence-electron chi connectivity index (χ3n) is 1.79. The number of aromatic nitrogens is 1. The highest BCUT2D eigenvalue weighted by molar-refractivity contribution is 5.21. The highest BCUT2D eigenvalue weighted by Gasteiger charge is 2.14. The molecule has 0 saturated heterocycles. The fourth-order valence-corrected chi connectivity index (χ4v) is 1.14. The van der Waals surface area contributed by atoms with Gasteiger partial charge in [-0.25, -0.2) is 0 Å². The SMILES string of the molecule is CC(C)C(C#N)c1cc[nH]c1. The molecule has 0 saturated carbocycles. The van der Waals surface area contributed by atoms with E-state index < -0.39 is 0 Å². The minimum Gasteiger partial charge on any atom is -0.367 e. The molecule has 2 heteroatoms. The van der Waals surface area contributed by atoms with Crippen LogP contribution in [0.4, 0.5) is 0 Å². The maximum absolute atomic E-state index is 8.80. The highest BCUT2D eigenvalue weighted by atomic mass is 14.6. The Morgan fingerprint density at radius 1 is 1.55 bits per heavy atom. The summed E-state index contributed by atoms with van der Waals surface area (Å²) in [5.41, 5.74) is 1.09. The number of nitrogens with zero attached hydrogens (tertiary/aromatic N) is 1. The predicted octanol–water partition coefficient (Wildman–Crippen LogP) is 2.28. The van der Waals surface area contributed by atoms with Gasteiger partial charge in [0.15, 0.2) is 0 Å². The average molecular weight is 148 g/mol. The van der Waals surface area contributed by atoms with Gasteiger partial charge in [0.05, 0.1) is 12.0 Å². The molecule has 0 spiro atoms. The summed E-state index contributed by atoms with van der Waals surface area (Å²) in [7, 11) is 0. The topological polar surface area (TPSA) is 39.6 Å². The van der Waals surface area contributed by atoms with E-state index in [-0.39, 0.29) is 5.92 Å². The van der Waals surface area contributed by atoms with Crippen molar-refractivity contribution in [3.8, 4) is 6.07 Å². The molecule has 58 valence electrons. The lowest BCUT2D eigenvalue weighted by atomic mass is 9.92. The molecule has 1 aromatic rings. The first-order valence-electron chi connectivity index (χ1n) is 3.78. The summed E-state index contributed by atoms with van der Waals surface area (Å²) < 4.78 is 0. The fourth-order valence-electron chi connectivity index (χ4n) is 1.14. The Morgan fingerprint density at radius 3 is 2.64 bits per heavy atom. The molecule has 11 heavy (non-hydrogen) atoms. The Morgan fingerprint density at radius 2 is 2.27 bits per heavy atom. The number of H-pyrrole nitrogens is 1. The molecule has 0 aliphatic rings. The number of nitriles is 1. The molecular weight excluding hydrogens is 136 g/mol. The van der Waals surface area contributed by atoms with E-state index >= 15 is 0 Å². The second-order valence-corrected chi connectivity index (χ2v) is 3.00. The van der Waals surface area contributed by atoms with Crippen LogP contribution in [0.3, 0.4) is 0 Å². The van der Waals surface area contributed by atoms with Crippen molar-refractivity contribution in [3.63, 3.8) is 0 Å². The van der Waals surface area contributed by atoms with Gasteiger partial charge in [0.1, 0.15) is 0 Å². The van der Waals surface area contributed by atoms with E-state index in [1.807, 2.05) is 18.5 Å². The first-order valence-corrected chi connectivity index (χ1v) is 3.78. The van der Waals surface area contributed by atoms with Crippen LogP contribution in [0.1, 0.15) is 25.3 Å². The fraction of sp³-hybridized carbons (Fsp3) is 0.444. The molecule has 1 N–H and O–H groups in total. The van der Waals surface area contributed by atoms with Gasteiger partial charge < -0.3 is 4.98 Å². The zero-order valence-electron chi connectivity index (χ0n) is 6.83. The van der Waals surface area contributed by atoms with Crippen LogP contribution in [0, 0.1) is 17.2 Å². The largest absolute Gasteiger partial charge is 0.367 e. The van der Waals surface area contributed by atoms with Crippen molar-refractivity contribution < 1.29 is 0 Å². The summed E-state index contributed by atoms with van der Waals surface area (Å²) >= 11 is 0. The molecule has 0 bridgehead atoms. The molecule has 0 amide bonds. The normalized spacial score (nSPS) is 12.9. The highest BCUT2D eigenvalue weighted by Crippen LogP contribution is 2.22. The van der Waals surface area contributed by atoms with Gasteiger partial charge in [0, 0.05) is 12.4 Å². The van der Waals surface area contributed by atoms with E-state index in [1.165, 1.54) is 0 Å². The van der Waals surface area contributed by atoms with Gasteiger partial charge in [-0.05, 0) is 17.5 Å². The molecule has 1 rings (SSSR count). The minimum atomic E-state index is 0.0289. The summed E-state index contributed by atoms with van der Waals surface area (Å²) in [4.78, 5) is 2.95. The molecule has 1 heterocycles. The van der Waals surface area contributed by atoms with Crippen LogP contribution in [0.2, 0.25) is 0 Å². The van der Waals surface area contributed by atoms with E-state index in [4.69, 9.17) is 5.26 Å². The van der Waals surface area contributed by atoms with Crippen LogP contribution in [0.25, 0.3) is 0 Å². The van der Waals surface area contributed by atoms with Crippen LogP contribution in [-0.2, 0) is 0 Å². The Hall–Kier alpha value is -1.23. The van der Waals surface area contributed by atoms with Gasteiger partial charge in [-0.3, -0.25) is 0 Å². The number of aromatic amines is 1. The van der Waals surface area contributed by atoms with Gasteiger partial charge in [-0.1, -0.05) is 13.8 Å². The van der Waals surface area contributed by atoms with Gasteiger partial charge in [-0.2, -0.15) is 5.26 Å². The smallest absolute Gasteiger partial charge is 0.0750 e. The van der Waals surface area contributed by atoms with E-state index in [0.29, 0.717) is 5.92 Å². The minimum absolute atomic E-state index is 0.0289. The number of rotatable bonds is 2. The Balaban J connectivity index is 2.82. The Labute approximate surface area is 66.9 Å². The molecule has 0 aromatic carbocycles. The maximum Gasteiger partial charge on any atom is 0.0750 e. The van der Waals surface area contributed by atoms with Gasteiger partial charge in [0.25, 0.3) is 0 Å². The van der Waals surface area contributed by atoms with E-state index in [2.05, 4.69) is 24.9 Å². The zero-order valence-corrected chi connectivity index (χ0v) is 6.83. The maximum atomic E-state index is 8.80. The number of nitrogens with one attached hydrogen (secondary N) is 1. The zero-order chi connectivity index (χ0) is 8.27. The van der Waals surface area contributed by atoms with E-state index in [0.717, 1.165) is 5.56 Å². The summed E-state index contributed by atoms with van der Waals surface area (Å²) in [6.45, 7) is 4.11. The first kappa shape index (κ1) is 7.87. The standard InChI is InChI=1S/C9H12N2/c1-7(2)9(5-10)8-3-4-11-6-8/h3-4,6-7,9,11H,1-2H3. The molecule has 0 radical (unpaired) electrons. The first-order chi connectivity index (χ1) is 5.25. The third-order valence-corrected chi connectivity index (χ3v) is 1.79. The van der Waals surface area contributed by atoms with Crippen molar-refractivity contribution in [2.24, 2.45) is 5.92 Å². The monoisotopic (exact) mass is 148 g/mol. The molecule has 1 unspecified atom stereocenters. The molecule has 0 aliphatic heterocycles. The van der Waals surface area contributed by atoms with E-state index in [9.17, 15) is 0 Å². The third kappa shape index (κ3) is 1.62. The second kappa shape index (κ2) is 3.25. The summed E-state index contributed by atoms with van der Waals surface area (Å²) in [6.07, 6.45) is 3.73. The number of hydrogen-bond acceptors (Lipinski definition) is 1. The van der Waals surface area contributed by atoms with Crippen molar-refractivity contribution >= 4 is 0 Å². The van der Waals surface area contributed by atoms with E-state index in [1.54, 1.807) is 0 Å². The lowest BCUT2D eigenvalue weighted by molar-refractivity contribution is 0.588. The van der Waals surface area contributed by atoms with Crippen LogP contribution < -0.4 is 0 Å². The second-order valence-electron chi connectivity index (χ2n) is 3.00. The van der Waals surface area contributed by atoms with Crippen LogP contribution in [-0.4, -0.2) is 4.98 Å². The van der Waals surface area contributed by atoms with Crippen molar-refractivity contribution in [1.82, 2.24) is 4.98 Å². The summed E-state index contributed by atoms with van der Waals surface area (Å²) in [6, 6.07) is 4.24. The quantitative estimate of drug-likeness (QED) is 0.686. The molecule has 2 nitrogen and oxygen atoms in total. The van der Waals surface area contributed by atoms with Crippen LogP contribution >= 0.6 is 0 Å². The lowest BCUT2D eigenvalue weighted by Gasteiger charge is -2.09. The summed E-state index contributed by atoms with van der Waals surface area (Å²) in [5.74, 6) is 0.414. The Bertz CT molecular complexity index is 241. The lowest BCUT2D eigenvalue weighted by Crippen LogP contribution is -2.02. The molecule has 0 aliphatic carbocycles. The predicted molar refractivity (Wildman–Crippen MR) is 44.0 cm³/mol. The van der Waals surface area contributed by atoms with Crippen molar-refractivity contribution in [1.29, 1.82) is 5.26 Å². The van der Waals surface area contributed by atoms with Crippen LogP contribution in [0.5, 0.6) is 0 Å². The molecule has 1 atom stereocenters. The molecule has 1 aromatic heterocycles. The van der Waals surface area contributed by atoms with Crippen molar-refractivity contribution in [2.75, 3.05) is 0 Å². The molecular formula is C9H12N2. The van der Waals surface area contributed by atoms with Gasteiger partial charge in [-0.15, -0.1) is 0 Å². The average Bonchev–Trinajstić information content (AvgIpc) is 2.40. The van der Waals surface area contributed by atoms with Gasteiger partial charge >= 0.3 is 0 Å².